The number of rotatable bonds is 8. The molecule has 0 radical (unpaired) electrons. The standard InChI is InChI=1S/C18H30N4O3/c1-18(2,3)25-17(24)21-11-13-22(4)12-10-20-16(23)15(19)14-8-6-5-7-9-14/h5-9,15H,10-13,19H2,1-4H3,(H,20,23)(H,21,24)/t15-/m0/s1. The Hall–Kier alpha value is -2.12. The van der Waals surface area contributed by atoms with Crippen LogP contribution >= 0.6 is 0 Å². The maximum atomic E-state index is 12.0. The lowest BCUT2D eigenvalue weighted by atomic mass is 10.1. The van der Waals surface area contributed by atoms with Gasteiger partial charge < -0.3 is 26.0 Å². The first-order valence-electron chi connectivity index (χ1n) is 8.42. The summed E-state index contributed by atoms with van der Waals surface area (Å²) in [5, 5.41) is 5.52. The monoisotopic (exact) mass is 350 g/mol. The first kappa shape index (κ1) is 20.9. The normalized spacial score (nSPS) is 12.6. The van der Waals surface area contributed by atoms with Gasteiger partial charge in [0.1, 0.15) is 11.6 Å². The van der Waals surface area contributed by atoms with Crippen molar-refractivity contribution in [1.82, 2.24) is 15.5 Å². The smallest absolute Gasteiger partial charge is 0.407 e. The number of carbonyl (C=O) groups excluding carboxylic acids is 2. The van der Waals surface area contributed by atoms with E-state index in [1.165, 1.54) is 0 Å². The van der Waals surface area contributed by atoms with Gasteiger partial charge in [0.15, 0.2) is 0 Å². The van der Waals surface area contributed by atoms with E-state index in [2.05, 4.69) is 10.6 Å². The van der Waals surface area contributed by atoms with Crippen LogP contribution in [-0.2, 0) is 9.53 Å². The van der Waals surface area contributed by atoms with Gasteiger partial charge in [0.25, 0.3) is 0 Å². The molecule has 2 amide bonds. The average molecular weight is 350 g/mol. The Kier molecular flexibility index (Phi) is 8.37. The number of amides is 2. The van der Waals surface area contributed by atoms with Crippen LogP contribution in [0, 0.1) is 0 Å². The molecular weight excluding hydrogens is 320 g/mol. The van der Waals surface area contributed by atoms with Gasteiger partial charge in [0.05, 0.1) is 0 Å². The van der Waals surface area contributed by atoms with Crippen molar-refractivity contribution in [1.29, 1.82) is 0 Å². The molecule has 0 heterocycles. The number of likely N-dealkylation sites (N-methyl/N-ethyl adjacent to an activating group) is 1. The van der Waals surface area contributed by atoms with Crippen molar-refractivity contribution in [3.63, 3.8) is 0 Å². The zero-order chi connectivity index (χ0) is 18.9. The Labute approximate surface area is 149 Å². The highest BCUT2D eigenvalue weighted by molar-refractivity contribution is 5.82. The molecular formula is C18H30N4O3. The van der Waals surface area contributed by atoms with Crippen LogP contribution in [0.15, 0.2) is 30.3 Å². The molecule has 1 rings (SSSR count). The van der Waals surface area contributed by atoms with E-state index >= 15 is 0 Å². The second kappa shape index (κ2) is 10.0. The third kappa shape index (κ3) is 9.07. The second-order valence-corrected chi connectivity index (χ2v) is 6.91. The third-order valence-electron chi connectivity index (χ3n) is 3.40. The van der Waals surface area contributed by atoms with Crippen LogP contribution in [0.3, 0.4) is 0 Å². The number of hydrogen-bond donors (Lipinski definition) is 3. The van der Waals surface area contributed by atoms with E-state index in [4.69, 9.17) is 10.5 Å². The lowest BCUT2D eigenvalue weighted by Gasteiger charge is -2.21. The number of nitrogens with two attached hydrogens (primary N) is 1. The minimum absolute atomic E-state index is 0.202. The largest absolute Gasteiger partial charge is 0.444 e. The molecule has 1 aromatic rings. The maximum Gasteiger partial charge on any atom is 0.407 e. The first-order valence-corrected chi connectivity index (χ1v) is 8.42. The van der Waals surface area contributed by atoms with Gasteiger partial charge in [-0.05, 0) is 33.4 Å². The number of carbonyl (C=O) groups is 2. The Morgan fingerprint density at radius 1 is 1.12 bits per heavy atom. The number of nitrogens with one attached hydrogen (secondary N) is 2. The fraction of sp³-hybridized carbons (Fsp3) is 0.556. The van der Waals surface area contributed by atoms with Crippen LogP contribution in [0.1, 0.15) is 32.4 Å². The fourth-order valence-electron chi connectivity index (χ4n) is 2.07. The summed E-state index contributed by atoms with van der Waals surface area (Å²) < 4.78 is 5.16. The molecule has 0 saturated heterocycles. The van der Waals surface area contributed by atoms with E-state index in [0.717, 1.165) is 5.56 Å². The Morgan fingerprint density at radius 3 is 2.24 bits per heavy atom. The number of ether oxygens (including phenoxy) is 1. The van der Waals surface area contributed by atoms with Crippen molar-refractivity contribution in [3.05, 3.63) is 35.9 Å². The number of alkyl carbamates (subject to hydrolysis) is 1. The van der Waals surface area contributed by atoms with E-state index in [9.17, 15) is 9.59 Å². The highest BCUT2D eigenvalue weighted by Crippen LogP contribution is 2.09. The first-order chi connectivity index (χ1) is 11.7. The van der Waals surface area contributed by atoms with E-state index in [1.54, 1.807) is 0 Å². The number of nitrogens with zero attached hydrogens (tertiary/aromatic N) is 1. The van der Waals surface area contributed by atoms with Gasteiger partial charge >= 0.3 is 6.09 Å². The summed E-state index contributed by atoms with van der Waals surface area (Å²) in [5.41, 5.74) is 6.22. The van der Waals surface area contributed by atoms with Gasteiger partial charge in [-0.15, -0.1) is 0 Å². The second-order valence-electron chi connectivity index (χ2n) is 6.91. The van der Waals surface area contributed by atoms with Crippen molar-refractivity contribution in [2.45, 2.75) is 32.4 Å². The summed E-state index contributed by atoms with van der Waals surface area (Å²) in [6.45, 7) is 7.74. The summed E-state index contributed by atoms with van der Waals surface area (Å²) >= 11 is 0. The molecule has 1 aromatic carbocycles. The summed E-state index contributed by atoms with van der Waals surface area (Å²) in [6.07, 6.45) is -0.428. The Bertz CT molecular complexity index is 543. The predicted molar refractivity (Wildman–Crippen MR) is 98.1 cm³/mol. The highest BCUT2D eigenvalue weighted by Gasteiger charge is 2.16. The lowest BCUT2D eigenvalue weighted by Crippen LogP contribution is -2.41. The molecule has 0 aromatic heterocycles. The predicted octanol–water partition coefficient (Wildman–Crippen LogP) is 1.26. The molecule has 4 N–H and O–H groups in total. The van der Waals surface area contributed by atoms with Gasteiger partial charge in [-0.1, -0.05) is 30.3 Å². The molecule has 0 fully saturated rings. The lowest BCUT2D eigenvalue weighted by molar-refractivity contribution is -0.122. The molecule has 1 atom stereocenters. The van der Waals surface area contributed by atoms with Crippen LogP contribution < -0.4 is 16.4 Å². The minimum Gasteiger partial charge on any atom is -0.444 e. The molecule has 0 saturated carbocycles. The zero-order valence-electron chi connectivity index (χ0n) is 15.5. The highest BCUT2D eigenvalue weighted by atomic mass is 16.6. The van der Waals surface area contributed by atoms with Crippen molar-refractivity contribution in [2.75, 3.05) is 33.2 Å². The van der Waals surface area contributed by atoms with Crippen molar-refractivity contribution >= 4 is 12.0 Å². The summed E-state index contributed by atoms with van der Waals surface area (Å²) in [7, 11) is 1.92. The molecule has 140 valence electrons. The van der Waals surface area contributed by atoms with Gasteiger partial charge in [-0.25, -0.2) is 4.79 Å². The molecule has 7 heteroatoms. The quantitative estimate of drug-likeness (QED) is 0.656. The van der Waals surface area contributed by atoms with Gasteiger partial charge in [-0.3, -0.25) is 4.79 Å². The molecule has 25 heavy (non-hydrogen) atoms. The van der Waals surface area contributed by atoms with Crippen LogP contribution in [0.2, 0.25) is 0 Å². The van der Waals surface area contributed by atoms with E-state index < -0.39 is 17.7 Å². The van der Waals surface area contributed by atoms with Crippen molar-refractivity contribution in [2.24, 2.45) is 5.73 Å². The van der Waals surface area contributed by atoms with Crippen LogP contribution in [0.4, 0.5) is 4.79 Å². The van der Waals surface area contributed by atoms with Crippen LogP contribution in [0.25, 0.3) is 0 Å². The average Bonchev–Trinajstić information content (AvgIpc) is 2.53. The molecule has 0 unspecified atom stereocenters. The number of benzene rings is 1. The van der Waals surface area contributed by atoms with Crippen LogP contribution in [-0.4, -0.2) is 55.7 Å². The third-order valence-corrected chi connectivity index (χ3v) is 3.40. The van der Waals surface area contributed by atoms with Gasteiger partial charge in [0, 0.05) is 26.2 Å². The summed E-state index contributed by atoms with van der Waals surface area (Å²) in [5.74, 6) is -0.202. The van der Waals surface area contributed by atoms with Crippen molar-refractivity contribution < 1.29 is 14.3 Å². The van der Waals surface area contributed by atoms with Crippen molar-refractivity contribution in [3.8, 4) is 0 Å². The van der Waals surface area contributed by atoms with Gasteiger partial charge in [0.2, 0.25) is 5.91 Å². The van der Waals surface area contributed by atoms with E-state index in [-0.39, 0.29) is 5.91 Å². The Morgan fingerprint density at radius 2 is 1.68 bits per heavy atom. The zero-order valence-corrected chi connectivity index (χ0v) is 15.5. The minimum atomic E-state index is -0.666. The topological polar surface area (TPSA) is 96.7 Å². The molecule has 0 aliphatic heterocycles. The summed E-state index contributed by atoms with van der Waals surface area (Å²) in [6, 6.07) is 8.59. The number of hydrogen-bond acceptors (Lipinski definition) is 5. The fourth-order valence-corrected chi connectivity index (χ4v) is 2.07. The van der Waals surface area contributed by atoms with Gasteiger partial charge in [-0.2, -0.15) is 0 Å². The van der Waals surface area contributed by atoms with Crippen LogP contribution in [0.5, 0.6) is 0 Å². The molecule has 0 aliphatic rings. The Balaban J connectivity index is 2.19. The molecule has 0 aliphatic carbocycles. The molecule has 0 bridgehead atoms. The molecule has 0 spiro atoms. The SMILES string of the molecule is CN(CCNC(=O)OC(C)(C)C)CCNC(=O)[C@@H](N)c1ccccc1. The van der Waals surface area contributed by atoms with E-state index in [0.29, 0.717) is 26.2 Å². The summed E-state index contributed by atoms with van der Waals surface area (Å²) in [4.78, 5) is 25.6. The molecule has 7 nitrogen and oxygen atoms in total. The maximum absolute atomic E-state index is 12.0. The van der Waals surface area contributed by atoms with E-state index in [1.807, 2.05) is 63.1 Å².